The maximum atomic E-state index is 4.29. The third kappa shape index (κ3) is 5.64. The van der Waals surface area contributed by atoms with E-state index in [9.17, 15) is 0 Å². The number of nitrogens with one attached hydrogen (secondary N) is 2. The first kappa shape index (κ1) is 16.7. The summed E-state index contributed by atoms with van der Waals surface area (Å²) in [5.41, 5.74) is 2.59. The van der Waals surface area contributed by atoms with E-state index in [1.54, 1.807) is 0 Å². The Balaban J connectivity index is 1.63. The van der Waals surface area contributed by atoms with Crippen LogP contribution in [0.15, 0.2) is 23.5 Å². The molecule has 1 fully saturated rings. The van der Waals surface area contributed by atoms with Crippen molar-refractivity contribution in [2.75, 3.05) is 39.8 Å². The molecule has 0 bridgehead atoms. The molecule has 0 saturated carbocycles. The molecule has 0 aromatic carbocycles. The lowest BCUT2D eigenvalue weighted by Crippen LogP contribution is -2.43. The van der Waals surface area contributed by atoms with E-state index in [1.807, 2.05) is 19.4 Å². The first-order chi connectivity index (χ1) is 10.8. The van der Waals surface area contributed by atoms with E-state index in [0.717, 1.165) is 32.0 Å². The number of aryl methyl sites for hydroxylation is 1. The molecule has 1 aliphatic rings. The van der Waals surface area contributed by atoms with Gasteiger partial charge in [-0.25, -0.2) is 0 Å². The summed E-state index contributed by atoms with van der Waals surface area (Å²) < 4.78 is 0. The summed E-state index contributed by atoms with van der Waals surface area (Å²) in [6.45, 7) is 7.53. The predicted molar refractivity (Wildman–Crippen MR) is 92.3 cm³/mol. The van der Waals surface area contributed by atoms with Gasteiger partial charge in [0.25, 0.3) is 0 Å². The van der Waals surface area contributed by atoms with Gasteiger partial charge >= 0.3 is 0 Å². The number of hydrogen-bond acceptors (Lipinski definition) is 3. The second kappa shape index (κ2) is 9.41. The average Bonchev–Trinajstić information content (AvgIpc) is 2.56. The lowest BCUT2D eigenvalue weighted by atomic mass is 10.1. The Bertz CT molecular complexity index is 466. The minimum Gasteiger partial charge on any atom is -0.356 e. The summed E-state index contributed by atoms with van der Waals surface area (Å²) in [5, 5.41) is 6.79. The van der Waals surface area contributed by atoms with E-state index in [1.165, 1.54) is 43.5 Å². The van der Waals surface area contributed by atoms with E-state index in [4.69, 9.17) is 0 Å². The van der Waals surface area contributed by atoms with Crippen LogP contribution >= 0.6 is 0 Å². The van der Waals surface area contributed by atoms with Crippen molar-refractivity contribution in [1.82, 2.24) is 20.5 Å². The molecule has 2 rings (SSSR count). The topological polar surface area (TPSA) is 52.6 Å². The number of hydrogen-bond donors (Lipinski definition) is 2. The van der Waals surface area contributed by atoms with Crippen LogP contribution in [0.1, 0.15) is 30.4 Å². The molecule has 0 aliphatic carbocycles. The quantitative estimate of drug-likeness (QED) is 0.619. The zero-order chi connectivity index (χ0) is 15.6. The summed E-state index contributed by atoms with van der Waals surface area (Å²) in [4.78, 5) is 10.9. The molecule has 2 heterocycles. The van der Waals surface area contributed by atoms with Gasteiger partial charge in [-0.3, -0.25) is 9.98 Å². The van der Waals surface area contributed by atoms with Gasteiger partial charge in [-0.15, -0.1) is 0 Å². The number of likely N-dealkylation sites (tertiary alicyclic amines) is 1. The number of aliphatic imine (C=N–C) groups is 1. The number of pyridine rings is 1. The van der Waals surface area contributed by atoms with E-state index in [0.29, 0.717) is 0 Å². The molecule has 0 unspecified atom stereocenters. The fourth-order valence-corrected chi connectivity index (χ4v) is 2.83. The van der Waals surface area contributed by atoms with Crippen LogP contribution in [0, 0.1) is 6.92 Å². The van der Waals surface area contributed by atoms with Crippen molar-refractivity contribution in [3.05, 3.63) is 29.6 Å². The molecule has 5 nitrogen and oxygen atoms in total. The van der Waals surface area contributed by atoms with Crippen molar-refractivity contribution >= 4 is 5.96 Å². The minimum atomic E-state index is 0.883. The van der Waals surface area contributed by atoms with Gasteiger partial charge in [0.2, 0.25) is 0 Å². The van der Waals surface area contributed by atoms with Crippen molar-refractivity contribution in [2.45, 2.75) is 32.6 Å². The molecule has 1 aromatic heterocycles. The third-order valence-corrected chi connectivity index (χ3v) is 4.22. The molecule has 122 valence electrons. The maximum Gasteiger partial charge on any atom is 0.191 e. The highest BCUT2D eigenvalue weighted by Crippen LogP contribution is 2.07. The predicted octanol–water partition coefficient (Wildman–Crippen LogP) is 1.58. The van der Waals surface area contributed by atoms with Gasteiger partial charge in [-0.05, 0) is 56.5 Å². The molecular formula is C17H29N5. The van der Waals surface area contributed by atoms with Crippen LogP contribution in [0.25, 0.3) is 0 Å². The molecule has 0 atom stereocenters. The van der Waals surface area contributed by atoms with Gasteiger partial charge in [-0.2, -0.15) is 0 Å². The van der Waals surface area contributed by atoms with Crippen molar-refractivity contribution in [3.63, 3.8) is 0 Å². The van der Waals surface area contributed by atoms with E-state index in [2.05, 4.69) is 38.5 Å². The fraction of sp³-hybridized carbons (Fsp3) is 0.647. The van der Waals surface area contributed by atoms with Crippen LogP contribution in [0.3, 0.4) is 0 Å². The zero-order valence-electron chi connectivity index (χ0n) is 13.9. The van der Waals surface area contributed by atoms with Gasteiger partial charge in [-0.1, -0.05) is 6.42 Å². The highest BCUT2D eigenvalue weighted by Gasteiger charge is 2.09. The van der Waals surface area contributed by atoms with E-state index in [-0.39, 0.29) is 0 Å². The molecule has 0 spiro atoms. The zero-order valence-corrected chi connectivity index (χ0v) is 13.9. The van der Waals surface area contributed by atoms with Gasteiger partial charge < -0.3 is 15.5 Å². The van der Waals surface area contributed by atoms with Crippen molar-refractivity contribution in [1.29, 1.82) is 0 Å². The summed E-state index contributed by atoms with van der Waals surface area (Å²) in [7, 11) is 1.83. The highest BCUT2D eigenvalue weighted by atomic mass is 15.2. The van der Waals surface area contributed by atoms with Gasteiger partial charge in [0.1, 0.15) is 0 Å². The van der Waals surface area contributed by atoms with E-state index >= 15 is 0 Å². The lowest BCUT2D eigenvalue weighted by Gasteiger charge is -2.26. The molecule has 22 heavy (non-hydrogen) atoms. The Morgan fingerprint density at radius 1 is 1.23 bits per heavy atom. The minimum absolute atomic E-state index is 0.883. The summed E-state index contributed by atoms with van der Waals surface area (Å²) in [6.07, 6.45) is 8.84. The Kier molecular flexibility index (Phi) is 7.16. The van der Waals surface area contributed by atoms with E-state index < -0.39 is 0 Å². The Morgan fingerprint density at radius 3 is 2.73 bits per heavy atom. The molecule has 1 saturated heterocycles. The normalized spacial score (nSPS) is 16.5. The van der Waals surface area contributed by atoms with Crippen molar-refractivity contribution < 1.29 is 0 Å². The Hall–Kier alpha value is -1.62. The number of piperidine rings is 1. The summed E-state index contributed by atoms with van der Waals surface area (Å²) in [6, 6.07) is 2.09. The third-order valence-electron chi connectivity index (χ3n) is 4.22. The van der Waals surface area contributed by atoms with Gasteiger partial charge in [0, 0.05) is 39.1 Å². The molecule has 1 aromatic rings. The molecule has 1 aliphatic heterocycles. The summed E-state index contributed by atoms with van der Waals surface area (Å²) in [5.74, 6) is 0.892. The Labute approximate surface area is 134 Å². The lowest BCUT2D eigenvalue weighted by molar-refractivity contribution is 0.232. The van der Waals surface area contributed by atoms with Crippen LogP contribution in [0.4, 0.5) is 0 Å². The van der Waals surface area contributed by atoms with Crippen LogP contribution in [0.2, 0.25) is 0 Å². The fourth-order valence-electron chi connectivity index (χ4n) is 2.83. The van der Waals surface area contributed by atoms with Crippen LogP contribution in [0.5, 0.6) is 0 Å². The van der Waals surface area contributed by atoms with Gasteiger partial charge in [0.05, 0.1) is 0 Å². The number of guanidine groups is 1. The summed E-state index contributed by atoms with van der Waals surface area (Å²) >= 11 is 0. The second-order valence-electron chi connectivity index (χ2n) is 5.88. The standard InChI is InChI=1S/C17H29N5/c1-15-14-19-8-6-16(15)7-9-20-17(18-2)21-10-13-22-11-4-3-5-12-22/h6,8,14H,3-5,7,9-13H2,1-2H3,(H2,18,20,21). The van der Waals surface area contributed by atoms with Crippen LogP contribution < -0.4 is 10.6 Å². The van der Waals surface area contributed by atoms with Crippen molar-refractivity contribution in [2.24, 2.45) is 4.99 Å². The molecule has 2 N–H and O–H groups in total. The first-order valence-corrected chi connectivity index (χ1v) is 8.36. The second-order valence-corrected chi connectivity index (χ2v) is 5.88. The van der Waals surface area contributed by atoms with Gasteiger partial charge in [0.15, 0.2) is 5.96 Å². The smallest absolute Gasteiger partial charge is 0.191 e. The monoisotopic (exact) mass is 303 g/mol. The molecular weight excluding hydrogens is 274 g/mol. The highest BCUT2D eigenvalue weighted by molar-refractivity contribution is 5.79. The number of rotatable bonds is 6. The molecule has 0 radical (unpaired) electrons. The first-order valence-electron chi connectivity index (χ1n) is 8.36. The van der Waals surface area contributed by atoms with Crippen LogP contribution in [-0.2, 0) is 6.42 Å². The number of nitrogens with zero attached hydrogens (tertiary/aromatic N) is 3. The van der Waals surface area contributed by atoms with Crippen LogP contribution in [-0.4, -0.2) is 55.6 Å². The molecule has 5 heteroatoms. The maximum absolute atomic E-state index is 4.29. The molecule has 0 amide bonds. The SMILES string of the molecule is CN=C(NCCc1ccncc1C)NCCN1CCCCC1. The Morgan fingerprint density at radius 2 is 2.00 bits per heavy atom. The average molecular weight is 303 g/mol. The largest absolute Gasteiger partial charge is 0.356 e. The van der Waals surface area contributed by atoms with Crippen molar-refractivity contribution in [3.8, 4) is 0 Å². The number of aromatic nitrogens is 1.